The summed E-state index contributed by atoms with van der Waals surface area (Å²) in [5.41, 5.74) is 0. The van der Waals surface area contributed by atoms with E-state index in [-0.39, 0.29) is 10.8 Å². The van der Waals surface area contributed by atoms with E-state index in [4.69, 9.17) is 16.0 Å². The fourth-order valence-electron chi connectivity index (χ4n) is 3.04. The van der Waals surface area contributed by atoms with Crippen molar-refractivity contribution in [2.45, 2.75) is 23.7 Å². The molecule has 1 fully saturated rings. The first-order valence-electron chi connectivity index (χ1n) is 8.17. The normalized spacial score (nSPS) is 18.9. The van der Waals surface area contributed by atoms with Crippen molar-refractivity contribution in [3.63, 3.8) is 0 Å². The molecule has 26 heavy (non-hydrogen) atoms. The van der Waals surface area contributed by atoms with Gasteiger partial charge < -0.3 is 4.42 Å². The summed E-state index contributed by atoms with van der Waals surface area (Å²) in [5, 5.41) is 10.6. The van der Waals surface area contributed by atoms with E-state index in [1.807, 2.05) is 17.5 Å². The summed E-state index contributed by atoms with van der Waals surface area (Å²) in [4.78, 5) is 1.11. The minimum atomic E-state index is -3.60. The van der Waals surface area contributed by atoms with Crippen LogP contribution in [0.2, 0.25) is 5.02 Å². The maximum absolute atomic E-state index is 12.9. The molecule has 9 heteroatoms. The molecule has 0 N–H and O–H groups in total. The zero-order valence-corrected chi connectivity index (χ0v) is 16.1. The Balaban J connectivity index is 1.56. The van der Waals surface area contributed by atoms with E-state index in [0.717, 1.165) is 17.7 Å². The lowest BCUT2D eigenvalue weighted by Gasteiger charge is -2.30. The molecule has 136 valence electrons. The van der Waals surface area contributed by atoms with Crippen LogP contribution >= 0.6 is 22.9 Å². The minimum absolute atomic E-state index is 0.112. The summed E-state index contributed by atoms with van der Waals surface area (Å²) < 4.78 is 33.1. The first-order valence-corrected chi connectivity index (χ1v) is 10.9. The first-order chi connectivity index (χ1) is 12.5. The number of nitrogens with zero attached hydrogens (tertiary/aromatic N) is 3. The van der Waals surface area contributed by atoms with Gasteiger partial charge in [0.15, 0.2) is 0 Å². The molecule has 0 unspecified atom stereocenters. The van der Waals surface area contributed by atoms with E-state index in [1.54, 1.807) is 18.2 Å². The Morgan fingerprint density at radius 2 is 2.12 bits per heavy atom. The number of hydrogen-bond acceptors (Lipinski definition) is 6. The molecule has 0 bridgehead atoms. The number of thiophene rings is 1. The molecule has 0 aliphatic carbocycles. The van der Waals surface area contributed by atoms with E-state index in [9.17, 15) is 8.42 Å². The lowest BCUT2D eigenvalue weighted by Crippen LogP contribution is -2.39. The lowest BCUT2D eigenvalue weighted by molar-refractivity contribution is 0.286. The summed E-state index contributed by atoms with van der Waals surface area (Å²) in [5.74, 6) is 0.850. The Morgan fingerprint density at radius 3 is 2.88 bits per heavy atom. The van der Waals surface area contributed by atoms with Crippen LogP contribution in [-0.4, -0.2) is 36.0 Å². The van der Waals surface area contributed by atoms with Gasteiger partial charge >= 0.3 is 0 Å². The summed E-state index contributed by atoms with van der Waals surface area (Å²) in [7, 11) is -3.60. The highest BCUT2D eigenvalue weighted by atomic mass is 35.5. The zero-order valence-electron chi connectivity index (χ0n) is 13.7. The van der Waals surface area contributed by atoms with Crippen molar-refractivity contribution in [2.75, 3.05) is 13.1 Å². The number of rotatable bonds is 4. The molecule has 0 saturated carbocycles. The van der Waals surface area contributed by atoms with E-state index < -0.39 is 10.0 Å². The molecule has 0 spiro atoms. The molecular formula is C17H16ClN3O3S2. The number of piperidine rings is 1. The van der Waals surface area contributed by atoms with Crippen molar-refractivity contribution in [3.8, 4) is 10.8 Å². The molecule has 6 nitrogen and oxygen atoms in total. The van der Waals surface area contributed by atoms with Crippen LogP contribution in [0.3, 0.4) is 0 Å². The van der Waals surface area contributed by atoms with Gasteiger partial charge in [-0.2, -0.15) is 4.31 Å². The molecule has 1 aliphatic heterocycles. The topological polar surface area (TPSA) is 76.3 Å². The van der Waals surface area contributed by atoms with Gasteiger partial charge in [-0.25, -0.2) is 8.42 Å². The Labute approximate surface area is 160 Å². The van der Waals surface area contributed by atoms with Gasteiger partial charge in [0.25, 0.3) is 5.89 Å². The third-order valence-electron chi connectivity index (χ3n) is 4.34. The van der Waals surface area contributed by atoms with Crippen LogP contribution in [0.5, 0.6) is 0 Å². The van der Waals surface area contributed by atoms with E-state index in [0.29, 0.717) is 29.9 Å². The molecule has 0 amide bonds. The highest BCUT2D eigenvalue weighted by molar-refractivity contribution is 7.89. The van der Waals surface area contributed by atoms with Crippen LogP contribution in [0.15, 0.2) is 51.1 Å². The first kappa shape index (κ1) is 17.7. The number of halogens is 1. The minimum Gasteiger partial charge on any atom is -0.420 e. The molecule has 4 rings (SSSR count). The van der Waals surface area contributed by atoms with Crippen LogP contribution in [0.4, 0.5) is 0 Å². The highest BCUT2D eigenvalue weighted by Gasteiger charge is 2.33. The molecule has 1 aliphatic rings. The van der Waals surface area contributed by atoms with E-state index >= 15 is 0 Å². The van der Waals surface area contributed by atoms with Crippen molar-refractivity contribution in [2.24, 2.45) is 0 Å². The lowest BCUT2D eigenvalue weighted by atomic mass is 10.00. The molecule has 0 radical (unpaired) electrons. The summed E-state index contributed by atoms with van der Waals surface area (Å²) >= 11 is 7.48. The molecule has 1 atom stereocenters. The zero-order chi connectivity index (χ0) is 18.1. The largest absolute Gasteiger partial charge is 0.420 e. The van der Waals surface area contributed by atoms with Crippen molar-refractivity contribution in [3.05, 3.63) is 52.7 Å². The number of sulfonamides is 1. The molecule has 1 aromatic carbocycles. The van der Waals surface area contributed by atoms with Crippen LogP contribution < -0.4 is 0 Å². The van der Waals surface area contributed by atoms with Crippen LogP contribution in [0.1, 0.15) is 24.7 Å². The summed E-state index contributed by atoms with van der Waals surface area (Å²) in [6, 6.07) is 10.2. The van der Waals surface area contributed by atoms with Crippen molar-refractivity contribution < 1.29 is 12.8 Å². The second-order valence-electron chi connectivity index (χ2n) is 6.08. The quantitative estimate of drug-likeness (QED) is 0.650. The Bertz CT molecular complexity index is 1000. The second-order valence-corrected chi connectivity index (χ2v) is 9.40. The molecular weight excluding hydrogens is 394 g/mol. The van der Waals surface area contributed by atoms with Crippen molar-refractivity contribution >= 4 is 33.0 Å². The summed E-state index contributed by atoms with van der Waals surface area (Å²) in [6.45, 7) is 0.790. The maximum atomic E-state index is 12.9. The van der Waals surface area contributed by atoms with Crippen LogP contribution in [0, 0.1) is 0 Å². The Kier molecular flexibility index (Phi) is 4.83. The Hall–Kier alpha value is -1.74. The van der Waals surface area contributed by atoms with Gasteiger partial charge in [-0.3, -0.25) is 0 Å². The van der Waals surface area contributed by atoms with E-state index in [1.165, 1.54) is 21.7 Å². The molecule has 3 heterocycles. The van der Waals surface area contributed by atoms with Gasteiger partial charge in [0.1, 0.15) is 0 Å². The number of benzene rings is 1. The monoisotopic (exact) mass is 409 g/mol. The Morgan fingerprint density at radius 1 is 1.23 bits per heavy atom. The fraction of sp³-hybridized carbons (Fsp3) is 0.294. The van der Waals surface area contributed by atoms with Gasteiger partial charge in [0, 0.05) is 18.1 Å². The standard InChI is InChI=1S/C17H16ClN3O3S2/c18-13-5-1-6-14(10-13)26(22,23)21-8-2-4-12(11-21)16-19-20-17(24-16)15-7-3-9-25-15/h1,3,5-7,9-10,12H,2,4,8,11H2/t12-/m1/s1. The third-order valence-corrected chi connectivity index (χ3v) is 7.29. The number of hydrogen-bond donors (Lipinski definition) is 0. The van der Waals surface area contributed by atoms with Crippen molar-refractivity contribution in [1.82, 2.24) is 14.5 Å². The third kappa shape index (κ3) is 3.42. The van der Waals surface area contributed by atoms with Gasteiger partial charge in [0.2, 0.25) is 15.9 Å². The predicted molar refractivity (Wildman–Crippen MR) is 99.8 cm³/mol. The maximum Gasteiger partial charge on any atom is 0.257 e. The molecule has 3 aromatic rings. The fourth-order valence-corrected chi connectivity index (χ4v) is 5.51. The molecule has 1 saturated heterocycles. The van der Waals surface area contributed by atoms with Crippen LogP contribution in [-0.2, 0) is 10.0 Å². The predicted octanol–water partition coefficient (Wildman–Crippen LogP) is 4.02. The molecule has 2 aromatic heterocycles. The van der Waals surface area contributed by atoms with Gasteiger partial charge in [0.05, 0.1) is 15.7 Å². The second kappa shape index (κ2) is 7.11. The summed E-state index contributed by atoms with van der Waals surface area (Å²) in [6.07, 6.45) is 1.55. The van der Waals surface area contributed by atoms with Gasteiger partial charge in [-0.1, -0.05) is 23.7 Å². The number of aromatic nitrogens is 2. The van der Waals surface area contributed by atoms with E-state index in [2.05, 4.69) is 10.2 Å². The van der Waals surface area contributed by atoms with Crippen molar-refractivity contribution in [1.29, 1.82) is 0 Å². The smallest absolute Gasteiger partial charge is 0.257 e. The van der Waals surface area contributed by atoms with Gasteiger partial charge in [-0.05, 0) is 42.5 Å². The highest BCUT2D eigenvalue weighted by Crippen LogP contribution is 2.32. The SMILES string of the molecule is O=S(=O)(c1cccc(Cl)c1)N1CCC[C@@H](c2nnc(-c3cccs3)o2)C1. The van der Waals surface area contributed by atoms with Crippen LogP contribution in [0.25, 0.3) is 10.8 Å². The average molecular weight is 410 g/mol. The van der Waals surface area contributed by atoms with Gasteiger partial charge in [-0.15, -0.1) is 21.5 Å². The average Bonchev–Trinajstić information content (AvgIpc) is 3.33.